The van der Waals surface area contributed by atoms with Gasteiger partial charge in [0, 0.05) is 35.4 Å². The number of carboxylic acid groups (broad SMARTS) is 1. The van der Waals surface area contributed by atoms with E-state index in [0.29, 0.717) is 22.0 Å². The Hall–Kier alpha value is -2.27. The number of carbonyl (C=O) groups excluding carboxylic acids is 2. The number of aryl methyl sites for hydroxylation is 1. The number of hydrogen-bond donors (Lipinski definition) is 1. The molecule has 3 aromatic rings. The van der Waals surface area contributed by atoms with Crippen LogP contribution in [-0.2, 0) is 15.5 Å². The number of nitrogens with one attached hydrogen (secondary N) is 1. The van der Waals surface area contributed by atoms with Crippen LogP contribution >= 0.6 is 11.6 Å². The first-order valence-electron chi connectivity index (χ1n) is 12.4. The second kappa shape index (κ2) is 12.1. The summed E-state index contributed by atoms with van der Waals surface area (Å²) in [6.45, 7) is 6.06. The van der Waals surface area contributed by atoms with Gasteiger partial charge >= 0.3 is 35.5 Å². The number of halogens is 3. The van der Waals surface area contributed by atoms with Crippen molar-refractivity contribution in [3.05, 3.63) is 51.9 Å². The molecule has 1 amide bonds. The maximum Gasteiger partial charge on any atom is 1.00 e. The molecule has 1 fully saturated rings. The number of alkyl halides is 2. The first-order chi connectivity index (χ1) is 17.8. The molecule has 1 atom stereocenters. The minimum Gasteiger partial charge on any atom is -0.550 e. The van der Waals surface area contributed by atoms with Crippen molar-refractivity contribution in [2.24, 2.45) is 5.41 Å². The van der Waals surface area contributed by atoms with Crippen LogP contribution in [0.4, 0.5) is 14.5 Å². The van der Waals surface area contributed by atoms with Gasteiger partial charge in [-0.05, 0) is 56.2 Å². The number of aliphatic carboxylic acids is 1. The Morgan fingerprint density at radius 3 is 2.46 bits per heavy atom. The van der Waals surface area contributed by atoms with Crippen LogP contribution in [0.15, 0.2) is 33.3 Å². The number of aromatic nitrogens is 2. The van der Waals surface area contributed by atoms with E-state index in [1.54, 1.807) is 18.2 Å². The normalized spacial score (nSPS) is 14.5. The zero-order valence-corrected chi connectivity index (χ0v) is 25.3. The van der Waals surface area contributed by atoms with E-state index in [-0.39, 0.29) is 72.1 Å². The molecule has 0 spiro atoms. The molecule has 204 valence electrons. The third kappa shape index (κ3) is 7.09. The van der Waals surface area contributed by atoms with Crippen LogP contribution < -0.4 is 40.0 Å². The summed E-state index contributed by atoms with van der Waals surface area (Å²) in [6.07, 6.45) is 1.27. The van der Waals surface area contributed by atoms with Crippen LogP contribution in [0.2, 0.25) is 5.02 Å². The van der Waals surface area contributed by atoms with Gasteiger partial charge in [0.25, 0.3) is 0 Å². The number of carboxylic acids is 1. The Kier molecular flexibility index (Phi) is 9.68. The smallest absolute Gasteiger partial charge is 0.550 e. The van der Waals surface area contributed by atoms with Gasteiger partial charge in [0.15, 0.2) is 11.5 Å². The predicted octanol–water partition coefficient (Wildman–Crippen LogP) is 2.95. The third-order valence-electron chi connectivity index (χ3n) is 6.65. The van der Waals surface area contributed by atoms with Crippen molar-refractivity contribution >= 4 is 29.2 Å². The van der Waals surface area contributed by atoms with Gasteiger partial charge in [-0.3, -0.25) is 4.79 Å². The number of carbonyl (C=O) groups is 2. The molecule has 1 saturated carbocycles. The number of rotatable bonds is 10. The second-order valence-corrected chi connectivity index (χ2v) is 11.2. The molecule has 1 aliphatic carbocycles. The van der Waals surface area contributed by atoms with Gasteiger partial charge in [-0.1, -0.05) is 48.8 Å². The third-order valence-corrected chi connectivity index (χ3v) is 6.96. The molecule has 0 aliphatic heterocycles. The molecule has 39 heavy (non-hydrogen) atoms. The van der Waals surface area contributed by atoms with Crippen molar-refractivity contribution in [2.45, 2.75) is 77.6 Å². The molecule has 1 aromatic carbocycles. The van der Waals surface area contributed by atoms with Crippen LogP contribution in [0.3, 0.4) is 0 Å². The monoisotopic (exact) mass is 571 g/mol. The Bertz CT molecular complexity index is 1350. The van der Waals surface area contributed by atoms with Crippen LogP contribution in [0, 0.1) is 12.3 Å². The van der Waals surface area contributed by atoms with Gasteiger partial charge in [-0.2, -0.15) is 8.78 Å². The first kappa shape index (κ1) is 31.3. The zero-order chi connectivity index (χ0) is 27.8. The molecule has 0 bridgehead atoms. The van der Waals surface area contributed by atoms with Crippen LogP contribution in [0.5, 0.6) is 0 Å². The summed E-state index contributed by atoms with van der Waals surface area (Å²) in [5.41, 5.74) is 1.06. The topological polar surface area (TPSA) is 121 Å². The van der Waals surface area contributed by atoms with Crippen LogP contribution in [0.1, 0.15) is 87.3 Å². The maximum absolute atomic E-state index is 14.9. The summed E-state index contributed by atoms with van der Waals surface area (Å²) in [5.74, 6) is -5.96. The summed E-state index contributed by atoms with van der Waals surface area (Å²) in [6, 6.07) is 6.35. The van der Waals surface area contributed by atoms with Gasteiger partial charge in [-0.25, -0.2) is 0 Å². The van der Waals surface area contributed by atoms with E-state index in [4.69, 9.17) is 20.6 Å². The number of hydrogen-bond acceptors (Lipinski definition) is 7. The van der Waals surface area contributed by atoms with E-state index in [1.807, 2.05) is 6.92 Å². The molecule has 8 nitrogen and oxygen atoms in total. The van der Waals surface area contributed by atoms with E-state index in [0.717, 1.165) is 24.5 Å². The molecule has 1 aliphatic rings. The number of anilines is 1. The Labute approximate surface area is 252 Å². The zero-order valence-electron chi connectivity index (χ0n) is 22.6. The van der Waals surface area contributed by atoms with Crippen molar-refractivity contribution < 1.29 is 62.1 Å². The summed E-state index contributed by atoms with van der Waals surface area (Å²) >= 11 is 6.24. The van der Waals surface area contributed by atoms with Crippen molar-refractivity contribution in [3.8, 4) is 11.5 Å². The molecule has 0 radical (unpaired) electrons. The molecule has 0 unspecified atom stereocenters. The Morgan fingerprint density at radius 1 is 1.18 bits per heavy atom. The largest absolute Gasteiger partial charge is 1.00 e. The maximum atomic E-state index is 14.9. The standard InChI is InChI=1S/C27H30ClF2N3O5.Na/c1-14-5-9-18(17(28)11-14)31-21(34)12-16(8-10-22(35)36)24-23(15-6-7-15)25(38-33-24)19-13-20(37-32-19)27(29,30)26(2,3)4;/h5,9,11,13,15-16H,6-8,10,12H2,1-4H3,(H,31,34)(H,35,36);/q;+1/p-1/t16-;/m0./s1. The molecular formula is C27H29ClF2N3NaO5. The van der Waals surface area contributed by atoms with Crippen molar-refractivity contribution in [3.63, 3.8) is 0 Å². The van der Waals surface area contributed by atoms with Gasteiger partial charge in [-0.15, -0.1) is 0 Å². The fourth-order valence-electron chi connectivity index (χ4n) is 4.23. The fourth-order valence-corrected chi connectivity index (χ4v) is 4.51. The molecule has 2 heterocycles. The van der Waals surface area contributed by atoms with E-state index in [9.17, 15) is 23.5 Å². The van der Waals surface area contributed by atoms with E-state index in [1.165, 1.54) is 20.8 Å². The van der Waals surface area contributed by atoms with Crippen molar-refractivity contribution in [1.82, 2.24) is 10.3 Å². The summed E-state index contributed by atoms with van der Waals surface area (Å²) in [7, 11) is 0. The van der Waals surface area contributed by atoms with Gasteiger partial charge in [0.1, 0.15) is 0 Å². The van der Waals surface area contributed by atoms with Gasteiger partial charge < -0.3 is 24.3 Å². The van der Waals surface area contributed by atoms with Gasteiger partial charge in [0.05, 0.1) is 16.4 Å². The summed E-state index contributed by atoms with van der Waals surface area (Å²) in [5, 5.41) is 22.4. The predicted molar refractivity (Wildman–Crippen MR) is 134 cm³/mol. The minimum absolute atomic E-state index is 0. The molecule has 0 saturated heterocycles. The van der Waals surface area contributed by atoms with E-state index >= 15 is 0 Å². The first-order valence-corrected chi connectivity index (χ1v) is 12.8. The minimum atomic E-state index is -3.28. The average molecular weight is 572 g/mol. The molecule has 1 N–H and O–H groups in total. The van der Waals surface area contributed by atoms with Crippen molar-refractivity contribution in [1.29, 1.82) is 0 Å². The SMILES string of the molecule is Cc1ccc(NC(=O)C[C@H](CCC(=O)[O-])c2noc(-c3cc(C(F)(F)C(C)(C)C)on3)c2C2CC2)c(Cl)c1.[Na+]. The second-order valence-electron chi connectivity index (χ2n) is 10.8. The van der Waals surface area contributed by atoms with Crippen LogP contribution in [0.25, 0.3) is 11.5 Å². The number of nitrogens with zero attached hydrogens (tertiary/aromatic N) is 2. The fraction of sp³-hybridized carbons (Fsp3) is 0.481. The molecular weight excluding hydrogens is 543 g/mol. The average Bonchev–Trinajstić information content (AvgIpc) is 3.35. The molecule has 2 aromatic heterocycles. The van der Waals surface area contributed by atoms with E-state index in [2.05, 4.69) is 15.6 Å². The summed E-state index contributed by atoms with van der Waals surface area (Å²) < 4.78 is 40.3. The molecule has 12 heteroatoms. The van der Waals surface area contributed by atoms with Crippen molar-refractivity contribution in [2.75, 3.05) is 5.32 Å². The molecule has 4 rings (SSSR count). The van der Waals surface area contributed by atoms with E-state index < -0.39 is 29.0 Å². The Morgan fingerprint density at radius 2 is 1.87 bits per heavy atom. The summed E-state index contributed by atoms with van der Waals surface area (Å²) in [4.78, 5) is 24.2. The number of benzene rings is 1. The van der Waals surface area contributed by atoms with Crippen LogP contribution in [-0.4, -0.2) is 22.2 Å². The number of amides is 1. The quantitative estimate of drug-likeness (QED) is 0.371. The Balaban J connectivity index is 0.00000420. The van der Waals surface area contributed by atoms with Gasteiger partial charge in [0.2, 0.25) is 11.7 Å².